The number of aromatic carboxylic acids is 1. The van der Waals surface area contributed by atoms with Gasteiger partial charge < -0.3 is 15.0 Å². The number of carbonyl (C=O) groups is 1. The Morgan fingerprint density at radius 2 is 2.18 bits per heavy atom. The summed E-state index contributed by atoms with van der Waals surface area (Å²) in [7, 11) is 0. The van der Waals surface area contributed by atoms with Crippen molar-refractivity contribution in [2.24, 2.45) is 0 Å². The van der Waals surface area contributed by atoms with E-state index in [0.717, 1.165) is 17.8 Å². The first kappa shape index (κ1) is 10.0. The molecular weight excluding hydrogens is 218 g/mol. The fourth-order valence-corrected chi connectivity index (χ4v) is 2.14. The van der Waals surface area contributed by atoms with Crippen molar-refractivity contribution in [1.29, 1.82) is 0 Å². The molecule has 0 bridgehead atoms. The number of aromatic nitrogens is 2. The van der Waals surface area contributed by atoms with Crippen molar-refractivity contribution in [3.8, 4) is 5.69 Å². The van der Waals surface area contributed by atoms with E-state index >= 15 is 0 Å². The third kappa shape index (κ3) is 1.52. The molecule has 3 rings (SSSR count). The third-order valence-electron chi connectivity index (χ3n) is 2.93. The first-order chi connectivity index (χ1) is 8.27. The fourth-order valence-electron chi connectivity index (χ4n) is 2.14. The molecular formula is C12H11N3O2. The molecule has 5 heteroatoms. The average molecular weight is 229 g/mol. The highest BCUT2D eigenvalue weighted by atomic mass is 16.4. The van der Waals surface area contributed by atoms with Crippen LogP contribution in [0.3, 0.4) is 0 Å². The summed E-state index contributed by atoms with van der Waals surface area (Å²) in [6.45, 7) is 1.24. The van der Waals surface area contributed by atoms with Gasteiger partial charge in [0.1, 0.15) is 6.33 Å². The molecule has 2 heterocycles. The Labute approximate surface area is 97.7 Å². The number of carboxylic acids is 1. The number of nitrogens with one attached hydrogen (secondary N) is 1. The van der Waals surface area contributed by atoms with Crippen LogP contribution < -0.4 is 5.32 Å². The van der Waals surface area contributed by atoms with Crippen molar-refractivity contribution < 1.29 is 9.90 Å². The molecule has 1 aromatic carbocycles. The van der Waals surface area contributed by atoms with Gasteiger partial charge in [-0.1, -0.05) is 18.2 Å². The molecule has 1 aromatic heterocycles. The minimum atomic E-state index is -0.986. The highest BCUT2D eigenvalue weighted by Crippen LogP contribution is 2.21. The summed E-state index contributed by atoms with van der Waals surface area (Å²) in [4.78, 5) is 15.0. The zero-order valence-electron chi connectivity index (χ0n) is 9.05. The van der Waals surface area contributed by atoms with Crippen molar-refractivity contribution in [3.05, 3.63) is 47.5 Å². The van der Waals surface area contributed by atoms with Gasteiger partial charge in [-0.05, 0) is 11.6 Å². The molecule has 0 spiro atoms. The molecule has 1 aliphatic rings. The van der Waals surface area contributed by atoms with Crippen LogP contribution in [-0.4, -0.2) is 20.6 Å². The zero-order chi connectivity index (χ0) is 11.8. The van der Waals surface area contributed by atoms with Crippen LogP contribution >= 0.6 is 0 Å². The highest BCUT2D eigenvalue weighted by Gasteiger charge is 2.20. The Kier molecular flexibility index (Phi) is 2.19. The Balaban J connectivity index is 2.24. The third-order valence-corrected chi connectivity index (χ3v) is 2.93. The molecule has 86 valence electrons. The maximum Gasteiger partial charge on any atom is 0.356 e. The molecule has 0 amide bonds. The minimum Gasteiger partial charge on any atom is -0.476 e. The summed E-state index contributed by atoms with van der Waals surface area (Å²) < 4.78 is 1.85. The lowest BCUT2D eigenvalue weighted by Gasteiger charge is -2.07. The molecule has 2 aromatic rings. The van der Waals surface area contributed by atoms with E-state index in [2.05, 4.69) is 10.3 Å². The van der Waals surface area contributed by atoms with E-state index in [1.54, 1.807) is 6.33 Å². The van der Waals surface area contributed by atoms with E-state index in [1.807, 2.05) is 28.8 Å². The lowest BCUT2D eigenvalue weighted by atomic mass is 10.2. The van der Waals surface area contributed by atoms with Gasteiger partial charge in [-0.2, -0.15) is 0 Å². The quantitative estimate of drug-likeness (QED) is 0.770. The van der Waals surface area contributed by atoms with Gasteiger partial charge in [-0.15, -0.1) is 0 Å². The second-order valence-corrected chi connectivity index (χ2v) is 3.95. The van der Waals surface area contributed by atoms with Gasteiger partial charge in [0.2, 0.25) is 0 Å². The van der Waals surface area contributed by atoms with Gasteiger partial charge in [0.05, 0.1) is 11.4 Å². The maximum atomic E-state index is 11.1. The van der Waals surface area contributed by atoms with Crippen molar-refractivity contribution in [1.82, 2.24) is 14.9 Å². The number of carboxylic acid groups (broad SMARTS) is 1. The standard InChI is InChI=1S/C12H11N3O2/c16-12(17)11-10-6-13-5-8-3-1-2-4-9(8)15(10)7-14-11/h1-4,7,13H,5-6H2,(H,16,17). The number of imidazole rings is 1. The summed E-state index contributed by atoms with van der Waals surface area (Å²) in [5.41, 5.74) is 2.95. The van der Waals surface area contributed by atoms with E-state index in [0.29, 0.717) is 12.2 Å². The summed E-state index contributed by atoms with van der Waals surface area (Å²) in [5, 5.41) is 12.3. The predicted molar refractivity (Wildman–Crippen MR) is 61.1 cm³/mol. The second kappa shape index (κ2) is 3.71. The smallest absolute Gasteiger partial charge is 0.356 e. The van der Waals surface area contributed by atoms with Crippen LogP contribution in [0.1, 0.15) is 21.7 Å². The zero-order valence-corrected chi connectivity index (χ0v) is 9.05. The van der Waals surface area contributed by atoms with Gasteiger partial charge in [-0.25, -0.2) is 9.78 Å². The molecule has 5 nitrogen and oxygen atoms in total. The lowest BCUT2D eigenvalue weighted by Crippen LogP contribution is -2.14. The van der Waals surface area contributed by atoms with Crippen LogP contribution in [0.4, 0.5) is 0 Å². The maximum absolute atomic E-state index is 11.1. The Morgan fingerprint density at radius 1 is 1.35 bits per heavy atom. The van der Waals surface area contributed by atoms with Crippen LogP contribution in [0.2, 0.25) is 0 Å². The summed E-state index contributed by atoms with van der Waals surface area (Å²) in [6, 6.07) is 7.91. The summed E-state index contributed by atoms with van der Waals surface area (Å²) >= 11 is 0. The van der Waals surface area contributed by atoms with Gasteiger partial charge in [0.15, 0.2) is 5.69 Å². The van der Waals surface area contributed by atoms with Gasteiger partial charge in [-0.3, -0.25) is 0 Å². The molecule has 0 atom stereocenters. The number of hydrogen-bond acceptors (Lipinski definition) is 3. The number of para-hydroxylation sites is 1. The van der Waals surface area contributed by atoms with Gasteiger partial charge in [0.25, 0.3) is 0 Å². The Morgan fingerprint density at radius 3 is 3.00 bits per heavy atom. The molecule has 1 aliphatic heterocycles. The number of fused-ring (bicyclic) bond motifs is 3. The van der Waals surface area contributed by atoms with Gasteiger partial charge in [0, 0.05) is 13.1 Å². The summed E-state index contributed by atoms with van der Waals surface area (Å²) in [6.07, 6.45) is 1.57. The first-order valence-electron chi connectivity index (χ1n) is 5.36. The summed E-state index contributed by atoms with van der Waals surface area (Å²) in [5.74, 6) is -0.986. The van der Waals surface area contributed by atoms with Crippen molar-refractivity contribution >= 4 is 5.97 Å². The molecule has 0 unspecified atom stereocenters. The minimum absolute atomic E-state index is 0.120. The second-order valence-electron chi connectivity index (χ2n) is 3.95. The predicted octanol–water partition coefficient (Wildman–Crippen LogP) is 1.17. The average Bonchev–Trinajstić information content (AvgIpc) is 2.66. The SMILES string of the molecule is O=C(O)c1ncn2c1CNCc1ccccc1-2. The molecule has 0 saturated heterocycles. The Bertz CT molecular complexity index is 589. The number of rotatable bonds is 1. The van der Waals surface area contributed by atoms with E-state index in [1.165, 1.54) is 0 Å². The molecule has 17 heavy (non-hydrogen) atoms. The molecule has 0 aliphatic carbocycles. The van der Waals surface area contributed by atoms with Crippen LogP contribution in [0.5, 0.6) is 0 Å². The molecule has 0 saturated carbocycles. The van der Waals surface area contributed by atoms with Crippen LogP contribution in [0.25, 0.3) is 5.69 Å². The van der Waals surface area contributed by atoms with E-state index in [9.17, 15) is 4.79 Å². The van der Waals surface area contributed by atoms with E-state index in [4.69, 9.17) is 5.11 Å². The molecule has 0 radical (unpaired) electrons. The normalized spacial score (nSPS) is 13.6. The largest absolute Gasteiger partial charge is 0.476 e. The molecule has 0 fully saturated rings. The number of nitrogens with zero attached hydrogens (tertiary/aromatic N) is 2. The Hall–Kier alpha value is -2.14. The number of hydrogen-bond donors (Lipinski definition) is 2. The van der Waals surface area contributed by atoms with Gasteiger partial charge >= 0.3 is 5.97 Å². The van der Waals surface area contributed by atoms with E-state index < -0.39 is 5.97 Å². The fraction of sp³-hybridized carbons (Fsp3) is 0.167. The highest BCUT2D eigenvalue weighted by molar-refractivity contribution is 5.87. The van der Waals surface area contributed by atoms with Crippen molar-refractivity contribution in [3.63, 3.8) is 0 Å². The van der Waals surface area contributed by atoms with Crippen LogP contribution in [-0.2, 0) is 13.1 Å². The van der Waals surface area contributed by atoms with Crippen molar-refractivity contribution in [2.75, 3.05) is 0 Å². The van der Waals surface area contributed by atoms with Crippen molar-refractivity contribution in [2.45, 2.75) is 13.1 Å². The molecule has 2 N–H and O–H groups in total. The monoisotopic (exact) mass is 229 g/mol. The van der Waals surface area contributed by atoms with Crippen LogP contribution in [0, 0.1) is 0 Å². The van der Waals surface area contributed by atoms with E-state index in [-0.39, 0.29) is 5.69 Å². The first-order valence-corrected chi connectivity index (χ1v) is 5.36. The number of benzene rings is 1. The topological polar surface area (TPSA) is 67.1 Å². The lowest BCUT2D eigenvalue weighted by molar-refractivity contribution is 0.0689. The van der Waals surface area contributed by atoms with Crippen LogP contribution in [0.15, 0.2) is 30.6 Å².